The second-order valence-corrected chi connectivity index (χ2v) is 9.61. The summed E-state index contributed by atoms with van der Waals surface area (Å²) in [6.45, 7) is 8.31. The highest BCUT2D eigenvalue weighted by atomic mass is 79.9. The summed E-state index contributed by atoms with van der Waals surface area (Å²) in [7, 11) is 1.62. The van der Waals surface area contributed by atoms with Gasteiger partial charge in [-0.1, -0.05) is 28.1 Å². The van der Waals surface area contributed by atoms with E-state index in [4.69, 9.17) is 9.47 Å². The van der Waals surface area contributed by atoms with Gasteiger partial charge in [-0.3, -0.25) is 9.59 Å². The molecule has 0 unspecified atom stereocenters. The van der Waals surface area contributed by atoms with Gasteiger partial charge in [0.15, 0.2) is 0 Å². The Bertz CT molecular complexity index is 894. The van der Waals surface area contributed by atoms with Gasteiger partial charge >= 0.3 is 0 Å². The molecule has 2 rings (SSSR count). The molecule has 0 aliphatic carbocycles. The Morgan fingerprint density at radius 3 is 2.34 bits per heavy atom. The second kappa shape index (κ2) is 11.9. The zero-order valence-electron chi connectivity index (χ0n) is 19.5. The number of carbonyl (C=O) groups excluding carboxylic acids is 2. The smallest absolute Gasteiger partial charge is 0.242 e. The average molecular weight is 505 g/mol. The van der Waals surface area contributed by atoms with Crippen molar-refractivity contribution in [2.75, 3.05) is 13.7 Å². The fourth-order valence-corrected chi connectivity index (χ4v) is 3.56. The normalized spacial score (nSPS) is 12.1. The number of benzene rings is 2. The van der Waals surface area contributed by atoms with Crippen LogP contribution in [0.15, 0.2) is 53.0 Å². The second-order valence-electron chi connectivity index (χ2n) is 8.69. The Morgan fingerprint density at radius 2 is 1.75 bits per heavy atom. The molecule has 2 aromatic carbocycles. The molecule has 0 radical (unpaired) electrons. The number of halogens is 1. The summed E-state index contributed by atoms with van der Waals surface area (Å²) < 4.78 is 11.8. The summed E-state index contributed by atoms with van der Waals surface area (Å²) in [5.41, 5.74) is 0.583. The molecular formula is C25H33BrN2O4. The average Bonchev–Trinajstić information content (AvgIpc) is 2.73. The predicted molar refractivity (Wildman–Crippen MR) is 130 cm³/mol. The van der Waals surface area contributed by atoms with E-state index in [1.165, 1.54) is 0 Å². The number of ether oxygens (including phenoxy) is 2. The number of methoxy groups -OCH3 is 1. The Labute approximate surface area is 199 Å². The summed E-state index contributed by atoms with van der Waals surface area (Å²) in [4.78, 5) is 27.5. The fourth-order valence-electron chi connectivity index (χ4n) is 3.12. The van der Waals surface area contributed by atoms with Gasteiger partial charge in [0, 0.05) is 23.0 Å². The Morgan fingerprint density at radius 1 is 1.09 bits per heavy atom. The van der Waals surface area contributed by atoms with Gasteiger partial charge in [0.2, 0.25) is 11.8 Å². The number of nitrogens with zero attached hydrogens (tertiary/aromatic N) is 1. The van der Waals surface area contributed by atoms with Crippen LogP contribution in [0.5, 0.6) is 11.5 Å². The van der Waals surface area contributed by atoms with Crippen LogP contribution in [-0.2, 0) is 16.1 Å². The Hall–Kier alpha value is -2.54. The van der Waals surface area contributed by atoms with Crippen molar-refractivity contribution in [2.45, 2.75) is 58.7 Å². The number of nitrogens with one attached hydrogen (secondary N) is 1. The lowest BCUT2D eigenvalue weighted by atomic mass is 10.1. The van der Waals surface area contributed by atoms with Crippen molar-refractivity contribution in [1.82, 2.24) is 10.2 Å². The molecule has 7 heteroatoms. The van der Waals surface area contributed by atoms with Gasteiger partial charge < -0.3 is 19.7 Å². The van der Waals surface area contributed by atoms with Gasteiger partial charge in [0.1, 0.15) is 17.5 Å². The lowest BCUT2D eigenvalue weighted by Gasteiger charge is -2.31. The number of amides is 2. The lowest BCUT2D eigenvalue weighted by Crippen LogP contribution is -2.52. The summed E-state index contributed by atoms with van der Waals surface area (Å²) in [5.74, 6) is 1.23. The molecule has 0 aliphatic heterocycles. The van der Waals surface area contributed by atoms with Crippen LogP contribution in [0.25, 0.3) is 0 Å². The molecule has 0 fully saturated rings. The van der Waals surface area contributed by atoms with Crippen LogP contribution in [0.2, 0.25) is 0 Å². The predicted octanol–water partition coefficient (Wildman–Crippen LogP) is 4.95. The van der Waals surface area contributed by atoms with Crippen LogP contribution in [0.3, 0.4) is 0 Å². The van der Waals surface area contributed by atoms with Crippen molar-refractivity contribution < 1.29 is 19.1 Å². The molecule has 0 saturated heterocycles. The third kappa shape index (κ3) is 8.54. The Balaban J connectivity index is 2.01. The molecule has 0 aromatic heterocycles. The minimum atomic E-state index is -0.594. The van der Waals surface area contributed by atoms with Crippen LogP contribution in [0.1, 0.15) is 46.1 Å². The number of rotatable bonds is 10. The maximum absolute atomic E-state index is 13.1. The highest BCUT2D eigenvalue weighted by Gasteiger charge is 2.28. The maximum Gasteiger partial charge on any atom is 0.242 e. The summed E-state index contributed by atoms with van der Waals surface area (Å²) in [5, 5.41) is 2.97. The van der Waals surface area contributed by atoms with E-state index < -0.39 is 6.04 Å². The van der Waals surface area contributed by atoms with E-state index in [0.29, 0.717) is 19.6 Å². The quantitative estimate of drug-likeness (QED) is 0.464. The zero-order valence-corrected chi connectivity index (χ0v) is 21.1. The topological polar surface area (TPSA) is 67.9 Å². The van der Waals surface area contributed by atoms with Crippen LogP contribution in [0.4, 0.5) is 0 Å². The lowest BCUT2D eigenvalue weighted by molar-refractivity contribution is -0.141. The summed E-state index contributed by atoms with van der Waals surface area (Å²) in [6, 6.07) is 14.5. The fraction of sp³-hybridized carbons (Fsp3) is 0.440. The molecule has 0 saturated carbocycles. The van der Waals surface area contributed by atoms with Gasteiger partial charge in [-0.05, 0) is 76.1 Å². The molecule has 1 atom stereocenters. The number of hydrogen-bond donors (Lipinski definition) is 1. The summed E-state index contributed by atoms with van der Waals surface area (Å²) >= 11 is 3.47. The molecule has 2 aromatic rings. The third-order valence-electron chi connectivity index (χ3n) is 4.77. The van der Waals surface area contributed by atoms with Crippen molar-refractivity contribution >= 4 is 27.7 Å². The van der Waals surface area contributed by atoms with Crippen molar-refractivity contribution in [2.24, 2.45) is 0 Å². The zero-order chi connectivity index (χ0) is 23.7. The first-order valence-corrected chi connectivity index (χ1v) is 11.5. The molecule has 0 aliphatic rings. The van der Waals surface area contributed by atoms with Crippen LogP contribution >= 0.6 is 15.9 Å². The van der Waals surface area contributed by atoms with E-state index in [2.05, 4.69) is 21.2 Å². The van der Waals surface area contributed by atoms with Gasteiger partial charge in [-0.25, -0.2) is 0 Å². The van der Waals surface area contributed by atoms with E-state index in [1.54, 1.807) is 18.9 Å². The highest BCUT2D eigenvalue weighted by molar-refractivity contribution is 9.10. The molecule has 174 valence electrons. The maximum atomic E-state index is 13.1. The molecule has 0 heterocycles. The Kier molecular flexibility index (Phi) is 9.57. The van der Waals surface area contributed by atoms with E-state index >= 15 is 0 Å². The monoisotopic (exact) mass is 504 g/mol. The minimum Gasteiger partial charge on any atom is -0.497 e. The van der Waals surface area contributed by atoms with Crippen molar-refractivity contribution in [3.63, 3.8) is 0 Å². The number of carbonyl (C=O) groups is 2. The van der Waals surface area contributed by atoms with Crippen LogP contribution < -0.4 is 14.8 Å². The van der Waals surface area contributed by atoms with Gasteiger partial charge in [-0.2, -0.15) is 0 Å². The molecule has 2 amide bonds. The molecule has 0 bridgehead atoms. The van der Waals surface area contributed by atoms with E-state index in [9.17, 15) is 9.59 Å². The highest BCUT2D eigenvalue weighted by Crippen LogP contribution is 2.19. The molecular weight excluding hydrogens is 472 g/mol. The van der Waals surface area contributed by atoms with Gasteiger partial charge in [0.05, 0.1) is 13.7 Å². The number of hydrogen-bond acceptors (Lipinski definition) is 4. The van der Waals surface area contributed by atoms with Crippen LogP contribution in [-0.4, -0.2) is 42.0 Å². The van der Waals surface area contributed by atoms with E-state index in [0.717, 1.165) is 21.5 Å². The molecule has 0 spiro atoms. The first-order chi connectivity index (χ1) is 15.1. The van der Waals surface area contributed by atoms with Crippen LogP contribution in [0, 0.1) is 0 Å². The van der Waals surface area contributed by atoms with Gasteiger partial charge in [-0.15, -0.1) is 0 Å². The van der Waals surface area contributed by atoms with Crippen molar-refractivity contribution in [3.05, 3.63) is 58.6 Å². The first kappa shape index (κ1) is 25.7. The first-order valence-electron chi connectivity index (χ1n) is 10.7. The van der Waals surface area contributed by atoms with Crippen molar-refractivity contribution in [1.29, 1.82) is 0 Å². The largest absolute Gasteiger partial charge is 0.497 e. The molecule has 32 heavy (non-hydrogen) atoms. The van der Waals surface area contributed by atoms with E-state index in [1.807, 2.05) is 69.3 Å². The van der Waals surface area contributed by atoms with Crippen molar-refractivity contribution in [3.8, 4) is 11.5 Å². The van der Waals surface area contributed by atoms with E-state index in [-0.39, 0.29) is 23.8 Å². The molecule has 6 nitrogen and oxygen atoms in total. The summed E-state index contributed by atoms with van der Waals surface area (Å²) in [6.07, 6.45) is 0.838. The molecule has 1 N–H and O–H groups in total. The standard InChI is InChI=1S/C25H33BrN2O4/c1-18(24(30)27-25(2,3)4)28(17-19-8-6-9-20(26)16-19)23(29)10-7-15-32-22-13-11-21(31-5)12-14-22/h6,8-9,11-14,16,18H,7,10,15,17H2,1-5H3,(H,27,30)/t18-/m0/s1. The SMILES string of the molecule is COc1ccc(OCCCC(=O)N(Cc2cccc(Br)c2)[C@@H](C)C(=O)NC(C)(C)C)cc1. The third-order valence-corrected chi connectivity index (χ3v) is 5.26. The van der Waals surface area contributed by atoms with Gasteiger partial charge in [0.25, 0.3) is 0 Å². The minimum absolute atomic E-state index is 0.0835.